The maximum Gasteiger partial charge on any atom is 0.251 e. The number of carbonyl (C=O) groups is 2. The first-order valence-electron chi connectivity index (χ1n) is 8.45. The first kappa shape index (κ1) is 14.8. The van der Waals surface area contributed by atoms with Crippen molar-refractivity contribution in [1.82, 2.24) is 10.2 Å². The van der Waals surface area contributed by atoms with Crippen LogP contribution in [0.3, 0.4) is 0 Å². The van der Waals surface area contributed by atoms with Gasteiger partial charge in [-0.3, -0.25) is 9.59 Å². The largest absolute Gasteiger partial charge is 0.368 e. The van der Waals surface area contributed by atoms with Gasteiger partial charge in [-0.05, 0) is 38.5 Å². The van der Waals surface area contributed by atoms with Gasteiger partial charge in [0.2, 0.25) is 5.91 Å². The van der Waals surface area contributed by atoms with E-state index in [-0.39, 0.29) is 23.8 Å². The maximum atomic E-state index is 12.3. The van der Waals surface area contributed by atoms with E-state index in [9.17, 15) is 9.59 Å². The molecule has 0 spiro atoms. The fourth-order valence-electron chi connectivity index (χ4n) is 3.73. The number of hydrogen-bond acceptors (Lipinski definition) is 3. The lowest BCUT2D eigenvalue weighted by molar-refractivity contribution is -0.143. The molecule has 0 bridgehead atoms. The Morgan fingerprint density at radius 3 is 2.29 bits per heavy atom. The molecular weight excluding hydrogens is 268 g/mol. The van der Waals surface area contributed by atoms with Crippen LogP contribution in [0.15, 0.2) is 0 Å². The topological polar surface area (TPSA) is 58.6 Å². The van der Waals surface area contributed by atoms with Crippen molar-refractivity contribution in [2.24, 2.45) is 5.92 Å². The van der Waals surface area contributed by atoms with Gasteiger partial charge in [-0.25, -0.2) is 0 Å². The van der Waals surface area contributed by atoms with Crippen molar-refractivity contribution in [3.63, 3.8) is 0 Å². The van der Waals surface area contributed by atoms with Gasteiger partial charge < -0.3 is 15.0 Å². The first-order valence-corrected chi connectivity index (χ1v) is 8.45. The Hall–Kier alpha value is -1.10. The average molecular weight is 294 g/mol. The number of amides is 2. The zero-order valence-electron chi connectivity index (χ0n) is 12.7. The van der Waals surface area contributed by atoms with Gasteiger partial charge in [0.05, 0.1) is 0 Å². The minimum absolute atomic E-state index is 0.0825. The zero-order valence-corrected chi connectivity index (χ0v) is 12.7. The molecule has 118 valence electrons. The summed E-state index contributed by atoms with van der Waals surface area (Å²) in [6.07, 6.45) is 7.91. The molecule has 0 radical (unpaired) electrons. The first-order chi connectivity index (χ1) is 10.2. The van der Waals surface area contributed by atoms with Crippen LogP contribution >= 0.6 is 0 Å². The molecule has 5 heteroatoms. The van der Waals surface area contributed by atoms with E-state index < -0.39 is 0 Å². The summed E-state index contributed by atoms with van der Waals surface area (Å²) >= 11 is 0. The highest BCUT2D eigenvalue weighted by molar-refractivity contribution is 5.82. The molecule has 3 rings (SSSR count). The van der Waals surface area contributed by atoms with E-state index in [1.54, 1.807) is 0 Å². The highest BCUT2D eigenvalue weighted by atomic mass is 16.5. The van der Waals surface area contributed by atoms with E-state index in [2.05, 4.69) is 5.32 Å². The van der Waals surface area contributed by atoms with Gasteiger partial charge in [0.1, 0.15) is 6.10 Å². The Kier molecular flexibility index (Phi) is 4.78. The molecule has 1 saturated carbocycles. The van der Waals surface area contributed by atoms with Gasteiger partial charge in [0, 0.05) is 31.7 Å². The summed E-state index contributed by atoms with van der Waals surface area (Å²) in [7, 11) is 0. The van der Waals surface area contributed by atoms with Crippen molar-refractivity contribution < 1.29 is 14.3 Å². The molecule has 2 heterocycles. The minimum Gasteiger partial charge on any atom is -0.368 e. The molecule has 3 aliphatic rings. The molecule has 3 fully saturated rings. The third kappa shape index (κ3) is 3.57. The summed E-state index contributed by atoms with van der Waals surface area (Å²) in [4.78, 5) is 26.4. The van der Waals surface area contributed by atoms with Crippen molar-refractivity contribution >= 4 is 11.8 Å². The Morgan fingerprint density at radius 2 is 1.67 bits per heavy atom. The second-order valence-corrected chi connectivity index (χ2v) is 6.59. The normalized spacial score (nSPS) is 28.0. The molecule has 1 aliphatic carbocycles. The second kappa shape index (κ2) is 6.77. The number of ether oxygens (including phenoxy) is 1. The van der Waals surface area contributed by atoms with E-state index >= 15 is 0 Å². The number of carbonyl (C=O) groups excluding carboxylic acids is 2. The van der Waals surface area contributed by atoms with Crippen molar-refractivity contribution in [3.8, 4) is 0 Å². The molecule has 5 nitrogen and oxygen atoms in total. The summed E-state index contributed by atoms with van der Waals surface area (Å²) in [5.41, 5.74) is 0. The van der Waals surface area contributed by atoms with Crippen LogP contribution in [0.2, 0.25) is 0 Å². The number of nitrogens with zero attached hydrogens (tertiary/aromatic N) is 1. The van der Waals surface area contributed by atoms with Crippen LogP contribution in [0, 0.1) is 5.92 Å². The molecule has 2 amide bonds. The third-order valence-corrected chi connectivity index (χ3v) is 5.08. The second-order valence-electron chi connectivity index (χ2n) is 6.59. The van der Waals surface area contributed by atoms with Gasteiger partial charge >= 0.3 is 0 Å². The predicted octanol–water partition coefficient (Wildman–Crippen LogP) is 1.46. The van der Waals surface area contributed by atoms with Crippen molar-refractivity contribution in [3.05, 3.63) is 0 Å². The number of likely N-dealkylation sites (tertiary alicyclic amines) is 1. The molecular formula is C16H26N2O3. The highest BCUT2D eigenvalue weighted by Gasteiger charge is 2.33. The third-order valence-electron chi connectivity index (χ3n) is 5.08. The van der Waals surface area contributed by atoms with Gasteiger partial charge in [-0.15, -0.1) is 0 Å². The molecule has 1 atom stereocenters. The van der Waals surface area contributed by atoms with Gasteiger partial charge in [0.15, 0.2) is 0 Å². The molecule has 1 unspecified atom stereocenters. The average Bonchev–Trinajstić information content (AvgIpc) is 3.20. The number of piperidine rings is 1. The highest BCUT2D eigenvalue weighted by Crippen LogP contribution is 2.23. The van der Waals surface area contributed by atoms with Crippen LogP contribution in [0.5, 0.6) is 0 Å². The number of nitrogens with one attached hydrogen (secondary N) is 1. The van der Waals surface area contributed by atoms with Crippen molar-refractivity contribution in [1.29, 1.82) is 0 Å². The smallest absolute Gasteiger partial charge is 0.251 e. The van der Waals surface area contributed by atoms with Crippen LogP contribution in [-0.2, 0) is 14.3 Å². The van der Waals surface area contributed by atoms with Crippen molar-refractivity contribution in [2.45, 2.75) is 63.5 Å². The molecule has 0 aromatic heterocycles. The molecule has 0 aromatic carbocycles. The summed E-state index contributed by atoms with van der Waals surface area (Å²) in [5.74, 6) is 0.410. The SMILES string of the molecule is O=C(NC1CCCC1)C1CCN(C(=O)C2CCCO2)CC1. The Morgan fingerprint density at radius 1 is 0.952 bits per heavy atom. The number of hydrogen-bond donors (Lipinski definition) is 1. The van der Waals surface area contributed by atoms with Crippen LogP contribution in [0.25, 0.3) is 0 Å². The minimum atomic E-state index is -0.228. The van der Waals surface area contributed by atoms with E-state index in [0.717, 1.165) is 38.5 Å². The summed E-state index contributed by atoms with van der Waals surface area (Å²) < 4.78 is 5.46. The summed E-state index contributed by atoms with van der Waals surface area (Å²) in [5, 5.41) is 3.18. The van der Waals surface area contributed by atoms with Gasteiger partial charge in [0.25, 0.3) is 5.91 Å². The van der Waals surface area contributed by atoms with Crippen LogP contribution < -0.4 is 5.32 Å². The van der Waals surface area contributed by atoms with Crippen LogP contribution in [0.1, 0.15) is 51.4 Å². The van der Waals surface area contributed by atoms with Gasteiger partial charge in [-0.1, -0.05) is 12.8 Å². The fourth-order valence-corrected chi connectivity index (χ4v) is 3.73. The molecule has 21 heavy (non-hydrogen) atoms. The molecule has 0 aromatic rings. The Balaban J connectivity index is 1.43. The molecule has 2 saturated heterocycles. The van der Waals surface area contributed by atoms with E-state index in [0.29, 0.717) is 25.7 Å². The monoisotopic (exact) mass is 294 g/mol. The van der Waals surface area contributed by atoms with Crippen LogP contribution in [-0.4, -0.2) is 48.6 Å². The Labute approximate surface area is 126 Å². The predicted molar refractivity (Wildman–Crippen MR) is 78.7 cm³/mol. The summed E-state index contributed by atoms with van der Waals surface area (Å²) in [6, 6.07) is 0.393. The molecule has 2 aliphatic heterocycles. The zero-order chi connectivity index (χ0) is 14.7. The number of rotatable bonds is 3. The maximum absolute atomic E-state index is 12.3. The lowest BCUT2D eigenvalue weighted by Crippen LogP contribution is -2.47. The summed E-state index contributed by atoms with van der Waals surface area (Å²) in [6.45, 7) is 2.10. The van der Waals surface area contributed by atoms with E-state index in [1.165, 1.54) is 12.8 Å². The Bertz CT molecular complexity index is 379. The van der Waals surface area contributed by atoms with Crippen LogP contribution in [0.4, 0.5) is 0 Å². The van der Waals surface area contributed by atoms with E-state index in [1.807, 2.05) is 4.90 Å². The van der Waals surface area contributed by atoms with Crippen molar-refractivity contribution in [2.75, 3.05) is 19.7 Å². The van der Waals surface area contributed by atoms with E-state index in [4.69, 9.17) is 4.74 Å². The lowest BCUT2D eigenvalue weighted by Gasteiger charge is -2.33. The fraction of sp³-hybridized carbons (Fsp3) is 0.875. The quantitative estimate of drug-likeness (QED) is 0.857. The standard InChI is InChI=1S/C16H26N2O3/c19-15(17-13-4-1-2-5-13)12-7-9-18(10-8-12)16(20)14-6-3-11-21-14/h12-14H,1-11H2,(H,17,19). The lowest BCUT2D eigenvalue weighted by atomic mass is 9.95. The van der Waals surface area contributed by atoms with Gasteiger partial charge in [-0.2, -0.15) is 0 Å². The molecule has 1 N–H and O–H groups in total.